The third-order valence-corrected chi connectivity index (χ3v) is 6.71. The Hall–Kier alpha value is -2.12. The number of ether oxygens (including phenoxy) is 1. The first-order valence-corrected chi connectivity index (χ1v) is 12.0. The van der Waals surface area contributed by atoms with E-state index < -0.39 is 27.9 Å². The summed E-state index contributed by atoms with van der Waals surface area (Å²) < 4.78 is 70.0. The summed E-state index contributed by atoms with van der Waals surface area (Å²) in [6.07, 6.45) is -3.06. The smallest absolute Gasteiger partial charge is 0.417 e. The zero-order valence-corrected chi connectivity index (χ0v) is 19.9. The average molecular weight is 509 g/mol. The summed E-state index contributed by atoms with van der Waals surface area (Å²) in [7, 11) is 0.844. The Bertz CT molecular complexity index is 1090. The first kappa shape index (κ1) is 25.5. The number of aromatic nitrogens is 1. The largest absolute Gasteiger partial charge is 0.497 e. The van der Waals surface area contributed by atoms with E-state index in [0.717, 1.165) is 21.2 Å². The minimum absolute atomic E-state index is 0.0919. The van der Waals surface area contributed by atoms with Gasteiger partial charge in [0.05, 0.1) is 42.6 Å². The number of hydrazine groups is 1. The Labute approximate surface area is 195 Å². The monoisotopic (exact) mass is 508 g/mol. The highest BCUT2D eigenvalue weighted by Crippen LogP contribution is 2.36. The number of alkyl halides is 3. The third kappa shape index (κ3) is 5.87. The van der Waals surface area contributed by atoms with Crippen molar-refractivity contribution in [2.45, 2.75) is 24.7 Å². The Morgan fingerprint density at radius 1 is 1.30 bits per heavy atom. The number of benzene rings is 1. The SMILES string of the molecule is COc1ccc([C@@H]2C[C@@H](CN(N(C)c3ncc(C(F)(F)F)cc3Cl)S(C)(=O)=O)ON2C)cc1. The Morgan fingerprint density at radius 2 is 1.94 bits per heavy atom. The van der Waals surface area contributed by atoms with Gasteiger partial charge in [-0.1, -0.05) is 23.7 Å². The van der Waals surface area contributed by atoms with Gasteiger partial charge >= 0.3 is 6.18 Å². The standard InChI is InChI=1S/C20H24ClF3N4O4S/c1-26(19-17(21)9-14(11-25-19)20(22,23)24)28(33(4,29)30)12-16-10-18(27(2)32-16)13-5-7-15(31-3)8-6-13/h5-9,11,16,18H,10,12H2,1-4H3/t16-,18-/m0/s1. The van der Waals surface area contributed by atoms with E-state index in [9.17, 15) is 21.6 Å². The number of nitrogens with zero attached hydrogens (tertiary/aromatic N) is 4. The number of hydrogen-bond acceptors (Lipinski definition) is 7. The van der Waals surface area contributed by atoms with Gasteiger partial charge in [0.25, 0.3) is 0 Å². The molecule has 0 spiro atoms. The van der Waals surface area contributed by atoms with E-state index in [1.54, 1.807) is 19.2 Å². The lowest BCUT2D eigenvalue weighted by Gasteiger charge is -2.32. The predicted molar refractivity (Wildman–Crippen MR) is 117 cm³/mol. The van der Waals surface area contributed by atoms with E-state index in [1.807, 2.05) is 24.3 Å². The van der Waals surface area contributed by atoms with Gasteiger partial charge in [-0.3, -0.25) is 9.85 Å². The molecule has 0 aliphatic carbocycles. The molecule has 33 heavy (non-hydrogen) atoms. The summed E-state index contributed by atoms with van der Waals surface area (Å²) in [6.45, 7) is -0.0919. The zero-order chi connectivity index (χ0) is 24.6. The summed E-state index contributed by atoms with van der Waals surface area (Å²) in [4.78, 5) is 9.61. The van der Waals surface area contributed by atoms with E-state index in [-0.39, 0.29) is 23.4 Å². The number of methoxy groups -OCH3 is 1. The molecular weight excluding hydrogens is 485 g/mol. The van der Waals surface area contributed by atoms with Gasteiger partial charge in [0.2, 0.25) is 10.0 Å². The summed E-state index contributed by atoms with van der Waals surface area (Å²) in [5.74, 6) is 0.579. The number of hydrogen-bond donors (Lipinski definition) is 0. The highest BCUT2D eigenvalue weighted by molar-refractivity contribution is 7.88. The van der Waals surface area contributed by atoms with Crippen molar-refractivity contribution in [3.05, 3.63) is 52.7 Å². The molecule has 0 N–H and O–H groups in total. The number of sulfonamides is 1. The lowest BCUT2D eigenvalue weighted by molar-refractivity contribution is -0.146. The van der Waals surface area contributed by atoms with Gasteiger partial charge in [-0.25, -0.2) is 13.4 Å². The molecule has 1 aliphatic heterocycles. The minimum Gasteiger partial charge on any atom is -0.497 e. The van der Waals surface area contributed by atoms with Crippen LogP contribution in [-0.4, -0.2) is 63.0 Å². The molecule has 1 fully saturated rings. The first-order chi connectivity index (χ1) is 15.3. The van der Waals surface area contributed by atoms with Crippen LogP contribution in [-0.2, 0) is 21.0 Å². The zero-order valence-electron chi connectivity index (χ0n) is 18.4. The van der Waals surface area contributed by atoms with Crippen LogP contribution >= 0.6 is 11.6 Å². The molecule has 8 nitrogen and oxygen atoms in total. The third-order valence-electron chi connectivity index (χ3n) is 5.27. The lowest BCUT2D eigenvalue weighted by atomic mass is 10.0. The number of pyridine rings is 1. The second-order valence-corrected chi connectivity index (χ2v) is 9.91. The van der Waals surface area contributed by atoms with Gasteiger partial charge in [0, 0.05) is 20.3 Å². The molecule has 2 atom stereocenters. The van der Waals surface area contributed by atoms with Gasteiger partial charge in [-0.05, 0) is 30.2 Å². The molecule has 1 aromatic carbocycles. The Balaban J connectivity index is 1.80. The summed E-state index contributed by atoms with van der Waals surface area (Å²) in [5, 5.41) is 2.43. The van der Waals surface area contributed by atoms with Gasteiger partial charge < -0.3 is 4.74 Å². The first-order valence-electron chi connectivity index (χ1n) is 9.79. The minimum atomic E-state index is -4.62. The molecule has 2 heterocycles. The van der Waals surface area contributed by atoms with Gasteiger partial charge in [0.15, 0.2) is 5.82 Å². The molecule has 2 aromatic rings. The fourth-order valence-corrected chi connectivity index (χ4v) is 4.86. The van der Waals surface area contributed by atoms with Crippen molar-refractivity contribution in [2.24, 2.45) is 0 Å². The number of hydroxylamine groups is 2. The van der Waals surface area contributed by atoms with Crippen LogP contribution in [0.1, 0.15) is 23.6 Å². The van der Waals surface area contributed by atoms with Crippen molar-refractivity contribution < 1.29 is 31.2 Å². The van der Waals surface area contributed by atoms with Crippen molar-refractivity contribution >= 4 is 27.4 Å². The lowest BCUT2D eigenvalue weighted by Crippen LogP contribution is -2.48. The molecule has 1 aliphatic rings. The quantitative estimate of drug-likeness (QED) is 0.527. The van der Waals surface area contributed by atoms with E-state index in [0.29, 0.717) is 24.4 Å². The highest BCUT2D eigenvalue weighted by atomic mass is 35.5. The maximum Gasteiger partial charge on any atom is 0.417 e. The van der Waals surface area contributed by atoms with E-state index in [4.69, 9.17) is 21.2 Å². The summed E-state index contributed by atoms with van der Waals surface area (Å²) >= 11 is 6.02. The van der Waals surface area contributed by atoms with Crippen LogP contribution in [0, 0.1) is 0 Å². The van der Waals surface area contributed by atoms with Gasteiger partial charge in [0.1, 0.15) is 5.75 Å². The van der Waals surface area contributed by atoms with Crippen molar-refractivity contribution in [2.75, 3.05) is 39.0 Å². The van der Waals surface area contributed by atoms with E-state index in [1.165, 1.54) is 7.05 Å². The molecule has 0 radical (unpaired) electrons. The predicted octanol–water partition coefficient (Wildman–Crippen LogP) is 3.75. The second-order valence-electron chi connectivity index (χ2n) is 7.62. The van der Waals surface area contributed by atoms with Crippen LogP contribution in [0.3, 0.4) is 0 Å². The van der Waals surface area contributed by atoms with Crippen molar-refractivity contribution in [3.8, 4) is 5.75 Å². The molecular formula is C20H24ClF3N4O4S. The Kier molecular flexibility index (Phi) is 7.44. The van der Waals surface area contributed by atoms with Crippen LogP contribution in [0.4, 0.5) is 19.0 Å². The maximum absolute atomic E-state index is 12.9. The number of halogens is 4. The van der Waals surface area contributed by atoms with Gasteiger partial charge in [-0.15, -0.1) is 4.41 Å². The molecule has 0 bridgehead atoms. The number of anilines is 1. The van der Waals surface area contributed by atoms with Crippen molar-refractivity contribution in [3.63, 3.8) is 0 Å². The molecule has 0 unspecified atom stereocenters. The maximum atomic E-state index is 12.9. The van der Waals surface area contributed by atoms with Crippen molar-refractivity contribution in [1.82, 2.24) is 14.5 Å². The summed E-state index contributed by atoms with van der Waals surface area (Å²) in [6, 6.07) is 8.04. The van der Waals surface area contributed by atoms with Crippen molar-refractivity contribution in [1.29, 1.82) is 0 Å². The molecule has 1 aromatic heterocycles. The number of rotatable bonds is 7. The Morgan fingerprint density at radius 3 is 2.45 bits per heavy atom. The van der Waals surface area contributed by atoms with Crippen LogP contribution < -0.4 is 9.75 Å². The molecule has 3 rings (SSSR count). The average Bonchev–Trinajstić information content (AvgIpc) is 3.10. The highest BCUT2D eigenvalue weighted by Gasteiger charge is 2.37. The van der Waals surface area contributed by atoms with Crippen LogP contribution in [0.15, 0.2) is 36.5 Å². The van der Waals surface area contributed by atoms with E-state index >= 15 is 0 Å². The molecule has 13 heteroatoms. The summed E-state index contributed by atoms with van der Waals surface area (Å²) in [5.41, 5.74) is -0.0637. The molecule has 1 saturated heterocycles. The topological polar surface area (TPSA) is 75.2 Å². The second kappa shape index (κ2) is 9.63. The van der Waals surface area contributed by atoms with Crippen LogP contribution in [0.25, 0.3) is 0 Å². The van der Waals surface area contributed by atoms with Crippen LogP contribution in [0.5, 0.6) is 5.75 Å². The fraction of sp³-hybridized carbons (Fsp3) is 0.450. The van der Waals surface area contributed by atoms with E-state index in [2.05, 4.69) is 4.98 Å². The van der Waals surface area contributed by atoms with Gasteiger partial charge in [-0.2, -0.15) is 18.2 Å². The normalized spacial score (nSPS) is 19.8. The van der Waals surface area contributed by atoms with Crippen LogP contribution in [0.2, 0.25) is 5.02 Å². The fourth-order valence-electron chi connectivity index (χ4n) is 3.61. The molecule has 0 saturated carbocycles. The molecule has 0 amide bonds. The molecule has 182 valence electrons.